The lowest BCUT2D eigenvalue weighted by Crippen LogP contribution is -2.48. The van der Waals surface area contributed by atoms with Crippen LogP contribution in [-0.2, 0) is 17.9 Å². The molecular weight excluding hydrogens is 470 g/mol. The average molecular weight is 504 g/mol. The van der Waals surface area contributed by atoms with Crippen molar-refractivity contribution in [3.05, 3.63) is 95.6 Å². The molecule has 1 fully saturated rings. The molecule has 6 nitrogen and oxygen atoms in total. The van der Waals surface area contributed by atoms with Crippen molar-refractivity contribution in [3.63, 3.8) is 0 Å². The quantitative estimate of drug-likeness (QED) is 0.417. The third-order valence-corrected chi connectivity index (χ3v) is 6.58. The Morgan fingerprint density at radius 3 is 2.19 bits per heavy atom. The highest BCUT2D eigenvalue weighted by Crippen LogP contribution is 2.29. The Morgan fingerprint density at radius 1 is 0.861 bits per heavy atom. The van der Waals surface area contributed by atoms with Crippen LogP contribution in [0.3, 0.4) is 0 Å². The molecule has 36 heavy (non-hydrogen) atoms. The third-order valence-electron chi connectivity index (χ3n) is 6.09. The molecule has 1 N–H and O–H groups in total. The molecule has 1 aliphatic heterocycles. The molecule has 1 aliphatic rings. The predicted octanol–water partition coefficient (Wildman–Crippen LogP) is 4.27. The second-order valence-corrected chi connectivity index (χ2v) is 9.09. The molecule has 0 unspecified atom stereocenters. The van der Waals surface area contributed by atoms with Gasteiger partial charge in [-0.15, -0.1) is 0 Å². The first-order chi connectivity index (χ1) is 17.6. The van der Waals surface area contributed by atoms with E-state index in [0.717, 1.165) is 48.8 Å². The molecule has 0 aliphatic carbocycles. The van der Waals surface area contributed by atoms with E-state index in [0.29, 0.717) is 24.7 Å². The highest BCUT2D eigenvalue weighted by molar-refractivity contribution is 7.80. The number of piperazine rings is 1. The van der Waals surface area contributed by atoms with E-state index in [2.05, 4.69) is 39.4 Å². The van der Waals surface area contributed by atoms with E-state index in [9.17, 15) is 4.79 Å². The zero-order valence-electron chi connectivity index (χ0n) is 20.7. The summed E-state index contributed by atoms with van der Waals surface area (Å²) in [5.74, 6) is 0.941. The summed E-state index contributed by atoms with van der Waals surface area (Å²) in [7, 11) is 0. The molecule has 0 spiro atoms. The summed E-state index contributed by atoms with van der Waals surface area (Å²) < 4.78 is 11.6. The van der Waals surface area contributed by atoms with Gasteiger partial charge in [0.25, 0.3) is 5.91 Å². The number of nitrogens with zero attached hydrogens (tertiary/aromatic N) is 2. The van der Waals surface area contributed by atoms with Crippen LogP contribution >= 0.6 is 12.2 Å². The second-order valence-electron chi connectivity index (χ2n) is 8.70. The zero-order chi connectivity index (χ0) is 25.2. The van der Waals surface area contributed by atoms with Crippen LogP contribution in [-0.4, -0.2) is 60.1 Å². The number of hydrogen-bond acceptors (Lipinski definition) is 5. The Bertz CT molecular complexity index is 1130. The van der Waals surface area contributed by atoms with Crippen molar-refractivity contribution >= 4 is 23.1 Å². The van der Waals surface area contributed by atoms with Gasteiger partial charge in [-0.05, 0) is 36.2 Å². The van der Waals surface area contributed by atoms with E-state index < -0.39 is 0 Å². The molecule has 3 aromatic rings. The van der Waals surface area contributed by atoms with E-state index in [1.807, 2.05) is 61.5 Å². The van der Waals surface area contributed by atoms with Crippen molar-refractivity contribution in [1.82, 2.24) is 15.1 Å². The molecule has 0 aromatic heterocycles. The van der Waals surface area contributed by atoms with Crippen molar-refractivity contribution in [2.24, 2.45) is 0 Å². The van der Waals surface area contributed by atoms with Crippen molar-refractivity contribution in [3.8, 4) is 11.5 Å². The average Bonchev–Trinajstić information content (AvgIpc) is 2.92. The van der Waals surface area contributed by atoms with E-state index >= 15 is 0 Å². The molecule has 1 amide bonds. The molecular formula is C29H33N3O3S. The fourth-order valence-electron chi connectivity index (χ4n) is 4.15. The van der Waals surface area contributed by atoms with E-state index in [1.165, 1.54) is 5.56 Å². The monoisotopic (exact) mass is 503 g/mol. The molecule has 0 bridgehead atoms. The lowest BCUT2D eigenvalue weighted by atomic mass is 10.1. The minimum Gasteiger partial charge on any atom is -0.490 e. The maximum Gasteiger partial charge on any atom is 0.258 e. The Hall–Kier alpha value is -3.42. The molecule has 4 rings (SSSR count). The number of amides is 1. The van der Waals surface area contributed by atoms with Gasteiger partial charge in [0, 0.05) is 44.8 Å². The number of rotatable bonds is 10. The maximum absolute atomic E-state index is 12.3. The number of nitrogens with one attached hydrogen (secondary N) is 1. The van der Waals surface area contributed by atoms with Gasteiger partial charge in [-0.1, -0.05) is 72.9 Å². The molecule has 188 valence electrons. The highest BCUT2D eigenvalue weighted by atomic mass is 32.1. The fourth-order valence-corrected chi connectivity index (χ4v) is 4.46. The third kappa shape index (κ3) is 7.29. The van der Waals surface area contributed by atoms with Gasteiger partial charge in [0.15, 0.2) is 18.1 Å². The Morgan fingerprint density at radius 2 is 1.53 bits per heavy atom. The van der Waals surface area contributed by atoms with E-state index in [-0.39, 0.29) is 12.5 Å². The number of carbonyl (C=O) groups is 1. The highest BCUT2D eigenvalue weighted by Gasteiger charge is 2.21. The first-order valence-corrected chi connectivity index (χ1v) is 12.8. The maximum atomic E-state index is 12.3. The number of thiocarbonyl (C=S) groups is 1. The van der Waals surface area contributed by atoms with Crippen molar-refractivity contribution in [2.75, 3.05) is 39.4 Å². The van der Waals surface area contributed by atoms with Crippen LogP contribution in [0.15, 0.2) is 78.9 Å². The second kappa shape index (κ2) is 13.0. The first-order valence-electron chi connectivity index (χ1n) is 12.4. The predicted molar refractivity (Wildman–Crippen MR) is 146 cm³/mol. The largest absolute Gasteiger partial charge is 0.490 e. The standard InChI is InChI=1S/C29H33N3O3S/c1-2-34-27-19-25(13-14-26(27)35-22-28(33)30-20-23-9-5-3-6-10-23)29(36)32-17-15-31(16-18-32)21-24-11-7-4-8-12-24/h3-14,19H,2,15-18,20-22H2,1H3,(H,30,33). The molecule has 0 saturated carbocycles. The molecule has 7 heteroatoms. The van der Waals surface area contributed by atoms with Gasteiger partial charge in [0.2, 0.25) is 0 Å². The Kier molecular flexibility index (Phi) is 9.30. The first kappa shape index (κ1) is 25.7. The van der Waals surface area contributed by atoms with Crippen molar-refractivity contribution < 1.29 is 14.3 Å². The number of hydrogen-bond donors (Lipinski definition) is 1. The van der Waals surface area contributed by atoms with Crippen LogP contribution in [0, 0.1) is 0 Å². The Balaban J connectivity index is 1.30. The van der Waals surface area contributed by atoms with Crippen LogP contribution in [0.2, 0.25) is 0 Å². The summed E-state index contributed by atoms with van der Waals surface area (Å²) >= 11 is 5.83. The number of ether oxygens (including phenoxy) is 2. The topological polar surface area (TPSA) is 54.0 Å². The Labute approximate surface area is 218 Å². The van der Waals surface area contributed by atoms with Gasteiger partial charge >= 0.3 is 0 Å². The fraction of sp³-hybridized carbons (Fsp3) is 0.310. The summed E-state index contributed by atoms with van der Waals surface area (Å²) in [5.41, 5.74) is 3.30. The summed E-state index contributed by atoms with van der Waals surface area (Å²) in [4.78, 5) is 17.8. The van der Waals surface area contributed by atoms with E-state index in [1.54, 1.807) is 0 Å². The van der Waals surface area contributed by atoms with Gasteiger partial charge in [-0.2, -0.15) is 0 Å². The van der Waals surface area contributed by atoms with Gasteiger partial charge in [0.1, 0.15) is 4.99 Å². The molecule has 0 radical (unpaired) electrons. The zero-order valence-corrected chi connectivity index (χ0v) is 21.5. The minimum absolute atomic E-state index is 0.0833. The molecule has 1 saturated heterocycles. The lowest BCUT2D eigenvalue weighted by molar-refractivity contribution is -0.123. The van der Waals surface area contributed by atoms with Crippen LogP contribution < -0.4 is 14.8 Å². The van der Waals surface area contributed by atoms with Crippen LogP contribution in [0.4, 0.5) is 0 Å². The summed E-state index contributed by atoms with van der Waals surface area (Å²) in [6.45, 7) is 7.45. The van der Waals surface area contributed by atoms with E-state index in [4.69, 9.17) is 21.7 Å². The van der Waals surface area contributed by atoms with Crippen LogP contribution in [0.25, 0.3) is 0 Å². The van der Waals surface area contributed by atoms with Gasteiger partial charge in [-0.3, -0.25) is 9.69 Å². The lowest BCUT2D eigenvalue weighted by Gasteiger charge is -2.36. The summed E-state index contributed by atoms with van der Waals surface area (Å²) in [6, 6.07) is 26.0. The van der Waals surface area contributed by atoms with Crippen LogP contribution in [0.1, 0.15) is 23.6 Å². The van der Waals surface area contributed by atoms with Crippen LogP contribution in [0.5, 0.6) is 11.5 Å². The van der Waals surface area contributed by atoms with Crippen molar-refractivity contribution in [1.29, 1.82) is 0 Å². The number of benzene rings is 3. The minimum atomic E-state index is -0.186. The van der Waals surface area contributed by atoms with Gasteiger partial charge in [-0.25, -0.2) is 0 Å². The molecule has 0 atom stereocenters. The SMILES string of the molecule is CCOc1cc(C(=S)N2CCN(Cc3ccccc3)CC2)ccc1OCC(=O)NCc1ccccc1. The molecule has 3 aromatic carbocycles. The summed E-state index contributed by atoms with van der Waals surface area (Å²) in [5, 5.41) is 2.88. The molecule has 1 heterocycles. The normalized spacial score (nSPS) is 13.8. The smallest absolute Gasteiger partial charge is 0.258 e. The van der Waals surface area contributed by atoms with Gasteiger partial charge < -0.3 is 19.7 Å². The van der Waals surface area contributed by atoms with Crippen molar-refractivity contribution in [2.45, 2.75) is 20.0 Å². The number of carbonyl (C=O) groups excluding carboxylic acids is 1. The summed E-state index contributed by atoms with van der Waals surface area (Å²) in [6.07, 6.45) is 0. The van der Waals surface area contributed by atoms with Gasteiger partial charge in [0.05, 0.1) is 6.61 Å².